The highest BCUT2D eigenvalue weighted by Crippen LogP contribution is 2.08. The molecule has 21 heavy (non-hydrogen) atoms. The van der Waals surface area contributed by atoms with Gasteiger partial charge in [0.05, 0.1) is 0 Å². The second-order valence-electron chi connectivity index (χ2n) is 7.32. The molecule has 120 valence electrons. The highest BCUT2D eigenvalue weighted by molar-refractivity contribution is 5.21. The number of hydrogen-bond acceptors (Lipinski definition) is 2. The Labute approximate surface area is 131 Å². The fraction of sp³-hybridized carbons (Fsp3) is 0.684. The van der Waals surface area contributed by atoms with Gasteiger partial charge in [-0.25, -0.2) is 0 Å². The molecule has 0 fully saturated rings. The molecule has 1 N–H and O–H groups in total. The summed E-state index contributed by atoms with van der Waals surface area (Å²) in [7, 11) is 2.23. The van der Waals surface area contributed by atoms with Crippen molar-refractivity contribution in [3.05, 3.63) is 35.4 Å². The Morgan fingerprint density at radius 1 is 1.05 bits per heavy atom. The van der Waals surface area contributed by atoms with Gasteiger partial charge in [0, 0.05) is 12.1 Å². The summed E-state index contributed by atoms with van der Waals surface area (Å²) in [4.78, 5) is 2.43. The molecule has 1 aromatic carbocycles. The molecule has 1 aromatic rings. The van der Waals surface area contributed by atoms with Gasteiger partial charge < -0.3 is 10.2 Å². The van der Waals surface area contributed by atoms with E-state index in [1.807, 2.05) is 0 Å². The fourth-order valence-electron chi connectivity index (χ4n) is 2.52. The maximum absolute atomic E-state index is 3.55. The Bertz CT molecular complexity index is 393. The van der Waals surface area contributed by atoms with Gasteiger partial charge in [0.1, 0.15) is 0 Å². The summed E-state index contributed by atoms with van der Waals surface area (Å²) < 4.78 is 0. The lowest BCUT2D eigenvalue weighted by Crippen LogP contribution is -2.36. The molecule has 0 saturated carbocycles. The SMILES string of the molecule is Cc1cccc(CN(C)CCCCCCNC(C)(C)C)c1. The van der Waals surface area contributed by atoms with E-state index in [0.717, 1.165) is 13.1 Å². The summed E-state index contributed by atoms with van der Waals surface area (Å²) in [5.74, 6) is 0. The van der Waals surface area contributed by atoms with Crippen LogP contribution in [-0.4, -0.2) is 30.6 Å². The normalized spacial score (nSPS) is 12.1. The van der Waals surface area contributed by atoms with E-state index in [2.05, 4.69) is 69.2 Å². The van der Waals surface area contributed by atoms with Crippen molar-refractivity contribution in [3.63, 3.8) is 0 Å². The van der Waals surface area contributed by atoms with Gasteiger partial charge in [-0.3, -0.25) is 0 Å². The molecule has 0 unspecified atom stereocenters. The minimum atomic E-state index is 0.258. The molecule has 0 aliphatic rings. The zero-order valence-corrected chi connectivity index (χ0v) is 14.7. The Kier molecular flexibility index (Phi) is 7.98. The van der Waals surface area contributed by atoms with E-state index >= 15 is 0 Å². The van der Waals surface area contributed by atoms with Gasteiger partial charge in [0.2, 0.25) is 0 Å². The molecular formula is C19H34N2. The summed E-state index contributed by atoms with van der Waals surface area (Å²) in [5, 5.41) is 3.55. The Balaban J connectivity index is 2.05. The second kappa shape index (κ2) is 9.22. The topological polar surface area (TPSA) is 15.3 Å². The fourth-order valence-corrected chi connectivity index (χ4v) is 2.52. The van der Waals surface area contributed by atoms with Crippen molar-refractivity contribution in [1.29, 1.82) is 0 Å². The molecule has 0 heterocycles. The lowest BCUT2D eigenvalue weighted by molar-refractivity contribution is 0.316. The highest BCUT2D eigenvalue weighted by atomic mass is 15.1. The van der Waals surface area contributed by atoms with Gasteiger partial charge >= 0.3 is 0 Å². The standard InChI is InChI=1S/C19H34N2/c1-17-11-10-12-18(15-17)16-21(5)14-9-7-6-8-13-20-19(2,3)4/h10-12,15,20H,6-9,13-14,16H2,1-5H3. The molecule has 0 aliphatic heterocycles. The van der Waals surface area contributed by atoms with Crippen LogP contribution in [0.5, 0.6) is 0 Å². The average Bonchev–Trinajstić information content (AvgIpc) is 2.36. The van der Waals surface area contributed by atoms with Crippen molar-refractivity contribution in [3.8, 4) is 0 Å². The minimum absolute atomic E-state index is 0.258. The Morgan fingerprint density at radius 2 is 1.76 bits per heavy atom. The van der Waals surface area contributed by atoms with Gasteiger partial charge in [-0.05, 0) is 66.2 Å². The number of nitrogens with one attached hydrogen (secondary N) is 1. The molecule has 2 heteroatoms. The molecule has 0 bridgehead atoms. The van der Waals surface area contributed by atoms with E-state index in [1.165, 1.54) is 43.4 Å². The predicted molar refractivity (Wildman–Crippen MR) is 93.7 cm³/mol. The van der Waals surface area contributed by atoms with E-state index < -0.39 is 0 Å². The van der Waals surface area contributed by atoms with Crippen LogP contribution in [0, 0.1) is 6.92 Å². The first-order chi connectivity index (χ1) is 9.87. The lowest BCUT2D eigenvalue weighted by Gasteiger charge is -2.20. The van der Waals surface area contributed by atoms with E-state index in [9.17, 15) is 0 Å². The molecule has 0 spiro atoms. The number of nitrogens with zero attached hydrogens (tertiary/aromatic N) is 1. The Morgan fingerprint density at radius 3 is 2.43 bits per heavy atom. The Hall–Kier alpha value is -0.860. The van der Waals surface area contributed by atoms with Crippen LogP contribution in [0.2, 0.25) is 0 Å². The van der Waals surface area contributed by atoms with Crippen LogP contribution in [0.15, 0.2) is 24.3 Å². The molecule has 0 amide bonds. The first-order valence-corrected chi connectivity index (χ1v) is 8.36. The lowest BCUT2D eigenvalue weighted by atomic mass is 10.1. The van der Waals surface area contributed by atoms with E-state index in [-0.39, 0.29) is 5.54 Å². The zero-order chi connectivity index (χ0) is 15.7. The van der Waals surface area contributed by atoms with Crippen molar-refractivity contribution < 1.29 is 0 Å². The summed E-state index contributed by atoms with van der Waals surface area (Å²) in [6, 6.07) is 8.83. The monoisotopic (exact) mass is 290 g/mol. The molecule has 0 saturated heterocycles. The maximum atomic E-state index is 3.55. The summed E-state index contributed by atoms with van der Waals surface area (Å²) in [6.45, 7) is 12.2. The molecule has 2 nitrogen and oxygen atoms in total. The van der Waals surface area contributed by atoms with Crippen molar-refractivity contribution >= 4 is 0 Å². The maximum Gasteiger partial charge on any atom is 0.0230 e. The van der Waals surface area contributed by atoms with Crippen molar-refractivity contribution in [2.75, 3.05) is 20.1 Å². The van der Waals surface area contributed by atoms with Gasteiger partial charge in [-0.1, -0.05) is 42.7 Å². The zero-order valence-electron chi connectivity index (χ0n) is 14.7. The van der Waals surface area contributed by atoms with Crippen LogP contribution in [0.3, 0.4) is 0 Å². The number of unbranched alkanes of at least 4 members (excludes halogenated alkanes) is 3. The van der Waals surface area contributed by atoms with Crippen LogP contribution in [0.4, 0.5) is 0 Å². The van der Waals surface area contributed by atoms with Crippen LogP contribution < -0.4 is 5.32 Å². The number of aryl methyl sites for hydroxylation is 1. The molecule has 0 aromatic heterocycles. The summed E-state index contributed by atoms with van der Waals surface area (Å²) in [5.41, 5.74) is 3.03. The molecule has 0 aliphatic carbocycles. The summed E-state index contributed by atoms with van der Waals surface area (Å²) in [6.07, 6.45) is 5.27. The first-order valence-electron chi connectivity index (χ1n) is 8.36. The average molecular weight is 290 g/mol. The molecule has 0 atom stereocenters. The molecular weight excluding hydrogens is 256 g/mol. The van der Waals surface area contributed by atoms with E-state index in [0.29, 0.717) is 0 Å². The third-order valence-electron chi connectivity index (χ3n) is 3.66. The van der Waals surface area contributed by atoms with Crippen molar-refractivity contribution in [2.24, 2.45) is 0 Å². The number of rotatable bonds is 9. The van der Waals surface area contributed by atoms with E-state index in [1.54, 1.807) is 0 Å². The smallest absolute Gasteiger partial charge is 0.0230 e. The molecule has 0 radical (unpaired) electrons. The first kappa shape index (κ1) is 18.2. The summed E-state index contributed by atoms with van der Waals surface area (Å²) >= 11 is 0. The number of hydrogen-bond donors (Lipinski definition) is 1. The predicted octanol–water partition coefficient (Wildman–Crippen LogP) is 4.38. The van der Waals surface area contributed by atoms with Gasteiger partial charge in [0.25, 0.3) is 0 Å². The third kappa shape index (κ3) is 9.65. The van der Waals surface area contributed by atoms with Crippen LogP contribution in [0.1, 0.15) is 57.6 Å². The molecule has 1 rings (SSSR count). The van der Waals surface area contributed by atoms with Gasteiger partial charge in [-0.2, -0.15) is 0 Å². The highest BCUT2D eigenvalue weighted by Gasteiger charge is 2.07. The van der Waals surface area contributed by atoms with Gasteiger partial charge in [0.15, 0.2) is 0 Å². The quantitative estimate of drug-likeness (QED) is 0.679. The van der Waals surface area contributed by atoms with Crippen molar-refractivity contribution in [1.82, 2.24) is 10.2 Å². The van der Waals surface area contributed by atoms with Crippen LogP contribution in [-0.2, 0) is 6.54 Å². The third-order valence-corrected chi connectivity index (χ3v) is 3.66. The largest absolute Gasteiger partial charge is 0.312 e. The van der Waals surface area contributed by atoms with Crippen LogP contribution >= 0.6 is 0 Å². The van der Waals surface area contributed by atoms with Gasteiger partial charge in [-0.15, -0.1) is 0 Å². The van der Waals surface area contributed by atoms with Crippen molar-refractivity contribution in [2.45, 2.75) is 65.5 Å². The second-order valence-corrected chi connectivity index (χ2v) is 7.32. The minimum Gasteiger partial charge on any atom is -0.312 e. The number of benzene rings is 1. The van der Waals surface area contributed by atoms with Crippen LogP contribution in [0.25, 0.3) is 0 Å². The van der Waals surface area contributed by atoms with E-state index in [4.69, 9.17) is 0 Å².